The van der Waals surface area contributed by atoms with E-state index in [-0.39, 0.29) is 11.8 Å². The lowest BCUT2D eigenvalue weighted by molar-refractivity contribution is -0.130. The molecule has 0 heterocycles. The highest BCUT2D eigenvalue weighted by molar-refractivity contribution is 5.78. The summed E-state index contributed by atoms with van der Waals surface area (Å²) < 4.78 is 0. The first-order chi connectivity index (χ1) is 9.04. The van der Waals surface area contributed by atoms with E-state index in [0.29, 0.717) is 32.5 Å². The van der Waals surface area contributed by atoms with Crippen LogP contribution >= 0.6 is 0 Å². The second-order valence-corrected chi connectivity index (χ2v) is 4.42. The molecule has 0 aromatic rings. The molecule has 19 heavy (non-hydrogen) atoms. The molecule has 0 atom stereocenters. The molecule has 6 heteroatoms. The highest BCUT2D eigenvalue weighted by atomic mass is 16.2. The minimum Gasteiger partial charge on any atom is -0.358 e. The summed E-state index contributed by atoms with van der Waals surface area (Å²) in [5, 5.41) is 11.1. The van der Waals surface area contributed by atoms with E-state index in [2.05, 4.69) is 5.32 Å². The van der Waals surface area contributed by atoms with Crippen LogP contribution in [0, 0.1) is 11.3 Å². The van der Waals surface area contributed by atoms with Crippen molar-refractivity contribution in [3.63, 3.8) is 0 Å². The number of rotatable bonds is 9. The first-order valence-corrected chi connectivity index (χ1v) is 6.59. The summed E-state index contributed by atoms with van der Waals surface area (Å²) in [5.74, 6) is -0.0352. The van der Waals surface area contributed by atoms with Gasteiger partial charge >= 0.3 is 0 Å². The van der Waals surface area contributed by atoms with Crippen LogP contribution in [0.5, 0.6) is 0 Å². The fourth-order valence-corrected chi connectivity index (χ4v) is 1.66. The van der Waals surface area contributed by atoms with Gasteiger partial charge in [0.05, 0.1) is 19.0 Å². The third kappa shape index (κ3) is 8.16. The Morgan fingerprint density at radius 3 is 2.47 bits per heavy atom. The van der Waals surface area contributed by atoms with Gasteiger partial charge in [0.25, 0.3) is 0 Å². The number of amides is 2. The maximum Gasteiger partial charge on any atom is 0.233 e. The number of hydrogen-bond donors (Lipinski definition) is 1. The molecule has 108 valence electrons. The van der Waals surface area contributed by atoms with Crippen molar-refractivity contribution in [2.24, 2.45) is 0 Å². The van der Waals surface area contributed by atoms with Gasteiger partial charge in [-0.2, -0.15) is 5.26 Å². The van der Waals surface area contributed by atoms with Crippen LogP contribution in [0.15, 0.2) is 0 Å². The third-order valence-electron chi connectivity index (χ3n) is 2.81. The Balaban J connectivity index is 4.12. The van der Waals surface area contributed by atoms with Crippen molar-refractivity contribution in [3.05, 3.63) is 0 Å². The topological polar surface area (TPSA) is 76.4 Å². The number of likely N-dealkylation sites (N-methyl/N-ethyl adjacent to an activating group) is 1. The van der Waals surface area contributed by atoms with Crippen molar-refractivity contribution >= 4 is 11.8 Å². The smallest absolute Gasteiger partial charge is 0.233 e. The van der Waals surface area contributed by atoms with Crippen molar-refractivity contribution in [1.29, 1.82) is 5.26 Å². The van der Waals surface area contributed by atoms with Crippen molar-refractivity contribution in [3.8, 4) is 6.07 Å². The van der Waals surface area contributed by atoms with Crippen molar-refractivity contribution < 1.29 is 9.59 Å². The van der Waals surface area contributed by atoms with Gasteiger partial charge in [0, 0.05) is 33.6 Å². The third-order valence-corrected chi connectivity index (χ3v) is 2.81. The van der Waals surface area contributed by atoms with Gasteiger partial charge in [0.1, 0.15) is 0 Å². The molecule has 0 aliphatic rings. The summed E-state index contributed by atoms with van der Waals surface area (Å²) in [4.78, 5) is 26.7. The SMILES string of the molecule is CCCN(CCC(=O)N(C)CCC#N)CC(=O)NC. The first kappa shape index (κ1) is 17.4. The average molecular weight is 268 g/mol. The molecule has 0 rings (SSSR count). The van der Waals surface area contributed by atoms with Crippen molar-refractivity contribution in [2.45, 2.75) is 26.2 Å². The minimum absolute atomic E-state index is 0.00765. The monoisotopic (exact) mass is 268 g/mol. The molecular weight excluding hydrogens is 244 g/mol. The largest absolute Gasteiger partial charge is 0.358 e. The van der Waals surface area contributed by atoms with E-state index < -0.39 is 0 Å². The van der Waals surface area contributed by atoms with Crippen LogP contribution in [0.3, 0.4) is 0 Å². The lowest BCUT2D eigenvalue weighted by atomic mass is 10.3. The number of nitriles is 1. The number of carbonyl (C=O) groups is 2. The molecule has 6 nitrogen and oxygen atoms in total. The van der Waals surface area contributed by atoms with Crippen LogP contribution in [0.1, 0.15) is 26.2 Å². The second-order valence-electron chi connectivity index (χ2n) is 4.42. The lowest BCUT2D eigenvalue weighted by Crippen LogP contribution is -2.38. The molecule has 0 saturated heterocycles. The summed E-state index contributed by atoms with van der Waals surface area (Å²) in [6.45, 7) is 4.18. The van der Waals surface area contributed by atoms with Gasteiger partial charge in [0.15, 0.2) is 0 Å². The molecule has 0 saturated carbocycles. The maximum absolute atomic E-state index is 11.8. The molecule has 0 aromatic carbocycles. The predicted octanol–water partition coefficient (Wildman–Crippen LogP) is 0.207. The minimum atomic E-state index is -0.0428. The van der Waals surface area contributed by atoms with E-state index in [1.807, 2.05) is 17.9 Å². The van der Waals surface area contributed by atoms with Gasteiger partial charge in [-0.25, -0.2) is 0 Å². The Labute approximate surface area is 115 Å². The Hall–Kier alpha value is -1.61. The van der Waals surface area contributed by atoms with Crippen molar-refractivity contribution in [2.75, 3.05) is 40.3 Å². The zero-order valence-corrected chi connectivity index (χ0v) is 12.1. The molecule has 2 amide bonds. The Bertz CT molecular complexity index is 325. The van der Waals surface area contributed by atoms with Gasteiger partial charge in [0.2, 0.25) is 11.8 Å². The number of hydrogen-bond acceptors (Lipinski definition) is 4. The highest BCUT2D eigenvalue weighted by Crippen LogP contribution is 1.98. The standard InChI is InChI=1S/C13H24N4O2/c1-4-8-17(11-12(18)15-2)10-6-13(19)16(3)9-5-7-14/h4-6,8-11H2,1-3H3,(H,15,18). The summed E-state index contributed by atoms with van der Waals surface area (Å²) in [6, 6.07) is 2.02. The molecule has 0 radical (unpaired) electrons. The van der Waals surface area contributed by atoms with Crippen LogP contribution < -0.4 is 5.32 Å². The maximum atomic E-state index is 11.8. The molecule has 0 spiro atoms. The Kier molecular flexibility index (Phi) is 9.45. The van der Waals surface area contributed by atoms with Crippen LogP contribution in [-0.4, -0.2) is 61.9 Å². The fourth-order valence-electron chi connectivity index (χ4n) is 1.66. The van der Waals surface area contributed by atoms with Gasteiger partial charge in [-0.3, -0.25) is 14.5 Å². The van der Waals surface area contributed by atoms with Crippen LogP contribution in [-0.2, 0) is 9.59 Å². The summed E-state index contributed by atoms with van der Waals surface area (Å²) in [5.41, 5.74) is 0. The van der Waals surface area contributed by atoms with Gasteiger partial charge in [-0.1, -0.05) is 6.92 Å². The molecule has 0 aliphatic carbocycles. The molecular formula is C13H24N4O2. The van der Waals surface area contributed by atoms with Crippen molar-refractivity contribution in [1.82, 2.24) is 15.1 Å². The Morgan fingerprint density at radius 1 is 1.26 bits per heavy atom. The summed E-state index contributed by atoms with van der Waals surface area (Å²) >= 11 is 0. The number of nitrogens with one attached hydrogen (secondary N) is 1. The zero-order valence-electron chi connectivity index (χ0n) is 12.1. The van der Waals surface area contributed by atoms with E-state index in [0.717, 1.165) is 13.0 Å². The zero-order chi connectivity index (χ0) is 14.7. The lowest BCUT2D eigenvalue weighted by Gasteiger charge is -2.22. The second kappa shape index (κ2) is 10.3. The molecule has 0 bridgehead atoms. The predicted molar refractivity (Wildman–Crippen MR) is 73.3 cm³/mol. The van der Waals surface area contributed by atoms with Crippen LogP contribution in [0.2, 0.25) is 0 Å². The molecule has 0 unspecified atom stereocenters. The van der Waals surface area contributed by atoms with Gasteiger partial charge in [-0.05, 0) is 13.0 Å². The van der Waals surface area contributed by atoms with Crippen LogP contribution in [0.25, 0.3) is 0 Å². The highest BCUT2D eigenvalue weighted by Gasteiger charge is 2.13. The Morgan fingerprint density at radius 2 is 1.95 bits per heavy atom. The molecule has 0 fully saturated rings. The summed E-state index contributed by atoms with van der Waals surface area (Å²) in [6.07, 6.45) is 1.66. The average Bonchev–Trinajstić information content (AvgIpc) is 2.41. The summed E-state index contributed by atoms with van der Waals surface area (Å²) in [7, 11) is 3.30. The normalized spacial score (nSPS) is 10.1. The number of carbonyl (C=O) groups excluding carboxylic acids is 2. The van der Waals surface area contributed by atoms with E-state index >= 15 is 0 Å². The van der Waals surface area contributed by atoms with E-state index in [1.54, 1.807) is 19.0 Å². The molecule has 1 N–H and O–H groups in total. The van der Waals surface area contributed by atoms with Crippen LogP contribution in [0.4, 0.5) is 0 Å². The van der Waals surface area contributed by atoms with E-state index in [1.165, 1.54) is 0 Å². The quantitative estimate of drug-likeness (QED) is 0.648. The first-order valence-electron chi connectivity index (χ1n) is 6.59. The number of nitrogens with zero attached hydrogens (tertiary/aromatic N) is 3. The van der Waals surface area contributed by atoms with Gasteiger partial charge in [-0.15, -0.1) is 0 Å². The molecule has 0 aromatic heterocycles. The van der Waals surface area contributed by atoms with E-state index in [9.17, 15) is 9.59 Å². The fraction of sp³-hybridized carbons (Fsp3) is 0.769. The van der Waals surface area contributed by atoms with Gasteiger partial charge < -0.3 is 10.2 Å². The molecule has 0 aliphatic heterocycles. The van der Waals surface area contributed by atoms with E-state index in [4.69, 9.17) is 5.26 Å².